The highest BCUT2D eigenvalue weighted by atomic mass is 16.5. The topological polar surface area (TPSA) is 68.4 Å². The van der Waals surface area contributed by atoms with Crippen LogP contribution in [0.1, 0.15) is 11.1 Å². The summed E-state index contributed by atoms with van der Waals surface area (Å²) < 4.78 is 5.60. The Morgan fingerprint density at radius 1 is 1.28 bits per heavy atom. The number of anilines is 1. The summed E-state index contributed by atoms with van der Waals surface area (Å²) in [5, 5.41) is 8.83. The number of hydrogen-bond acceptors (Lipinski definition) is 4. The van der Waals surface area contributed by atoms with Crippen molar-refractivity contribution in [3.05, 3.63) is 47.7 Å². The van der Waals surface area contributed by atoms with Crippen molar-refractivity contribution in [1.82, 2.24) is 4.98 Å². The molecule has 4 nitrogen and oxygen atoms in total. The van der Waals surface area contributed by atoms with Gasteiger partial charge in [-0.05, 0) is 42.7 Å². The smallest absolute Gasteiger partial charge is 0.242 e. The number of aromatic nitrogens is 1. The van der Waals surface area contributed by atoms with Gasteiger partial charge in [0.2, 0.25) is 5.88 Å². The Hall–Kier alpha value is -2.07. The number of nitrogens with two attached hydrogens (primary N) is 1. The van der Waals surface area contributed by atoms with Crippen LogP contribution in [-0.2, 0) is 6.42 Å². The fraction of sp³-hybridized carbons (Fsp3) is 0.214. The number of rotatable bonds is 4. The van der Waals surface area contributed by atoms with Crippen molar-refractivity contribution in [2.75, 3.05) is 12.3 Å². The van der Waals surface area contributed by atoms with E-state index in [4.69, 9.17) is 15.6 Å². The maximum absolute atomic E-state index is 8.83. The van der Waals surface area contributed by atoms with Crippen LogP contribution in [0.25, 0.3) is 0 Å². The molecule has 0 atom stereocenters. The van der Waals surface area contributed by atoms with Gasteiger partial charge in [-0.15, -0.1) is 0 Å². The molecule has 0 saturated carbocycles. The molecule has 0 bridgehead atoms. The van der Waals surface area contributed by atoms with Crippen LogP contribution in [0.15, 0.2) is 36.5 Å². The number of aryl methyl sites for hydroxylation is 1. The van der Waals surface area contributed by atoms with Crippen molar-refractivity contribution in [3.8, 4) is 11.6 Å². The predicted molar refractivity (Wildman–Crippen MR) is 70.7 cm³/mol. The molecule has 0 fully saturated rings. The summed E-state index contributed by atoms with van der Waals surface area (Å²) in [6.45, 7) is 2.07. The zero-order chi connectivity index (χ0) is 13.0. The summed E-state index contributed by atoms with van der Waals surface area (Å²) in [7, 11) is 0. The maximum Gasteiger partial charge on any atom is 0.242 e. The van der Waals surface area contributed by atoms with Crippen LogP contribution in [0, 0.1) is 6.92 Å². The second-order valence-corrected chi connectivity index (χ2v) is 4.13. The first-order valence-corrected chi connectivity index (χ1v) is 5.79. The molecule has 1 heterocycles. The van der Waals surface area contributed by atoms with Crippen molar-refractivity contribution < 1.29 is 9.84 Å². The van der Waals surface area contributed by atoms with Crippen LogP contribution < -0.4 is 10.5 Å². The zero-order valence-corrected chi connectivity index (χ0v) is 10.3. The second kappa shape index (κ2) is 5.51. The van der Waals surface area contributed by atoms with Gasteiger partial charge in [-0.1, -0.05) is 12.1 Å². The molecule has 0 aliphatic carbocycles. The lowest BCUT2D eigenvalue weighted by Crippen LogP contribution is -1.96. The summed E-state index contributed by atoms with van der Waals surface area (Å²) >= 11 is 0. The van der Waals surface area contributed by atoms with Crippen LogP contribution in [-0.4, -0.2) is 16.7 Å². The van der Waals surface area contributed by atoms with E-state index in [-0.39, 0.29) is 6.61 Å². The van der Waals surface area contributed by atoms with Gasteiger partial charge < -0.3 is 15.6 Å². The van der Waals surface area contributed by atoms with Crippen molar-refractivity contribution in [3.63, 3.8) is 0 Å². The quantitative estimate of drug-likeness (QED) is 0.866. The summed E-state index contributed by atoms with van der Waals surface area (Å²) in [5.41, 5.74) is 8.41. The minimum Gasteiger partial charge on any atom is -0.437 e. The Balaban J connectivity index is 2.13. The fourth-order valence-electron chi connectivity index (χ4n) is 1.63. The number of benzene rings is 1. The average molecular weight is 244 g/mol. The first kappa shape index (κ1) is 12.4. The number of hydrogen-bond donors (Lipinski definition) is 2. The Morgan fingerprint density at radius 2 is 2.00 bits per heavy atom. The molecule has 4 heteroatoms. The monoisotopic (exact) mass is 244 g/mol. The fourth-order valence-corrected chi connectivity index (χ4v) is 1.63. The number of aliphatic hydroxyl groups excluding tert-OH is 1. The van der Waals surface area contributed by atoms with Gasteiger partial charge in [0, 0.05) is 12.8 Å². The minimum absolute atomic E-state index is 0.146. The number of nitrogens with zero attached hydrogens (tertiary/aromatic N) is 1. The Labute approximate surface area is 106 Å². The first-order chi connectivity index (χ1) is 8.69. The summed E-state index contributed by atoms with van der Waals surface area (Å²) in [6, 6.07) is 9.33. The number of ether oxygens (including phenoxy) is 1. The lowest BCUT2D eigenvalue weighted by atomic mass is 10.1. The largest absolute Gasteiger partial charge is 0.437 e. The average Bonchev–Trinajstić information content (AvgIpc) is 2.35. The van der Waals surface area contributed by atoms with Crippen molar-refractivity contribution >= 4 is 5.69 Å². The summed E-state index contributed by atoms with van der Waals surface area (Å²) in [6.07, 6.45) is 2.36. The van der Waals surface area contributed by atoms with Gasteiger partial charge in [0.05, 0.1) is 5.69 Å². The number of nitrogen functional groups attached to an aromatic ring is 1. The van der Waals surface area contributed by atoms with E-state index in [1.54, 1.807) is 6.20 Å². The van der Waals surface area contributed by atoms with Gasteiger partial charge in [0.25, 0.3) is 0 Å². The molecule has 94 valence electrons. The third kappa shape index (κ3) is 2.99. The molecule has 3 N–H and O–H groups in total. The van der Waals surface area contributed by atoms with E-state index in [0.29, 0.717) is 23.7 Å². The highest BCUT2D eigenvalue weighted by Gasteiger charge is 2.04. The Kier molecular flexibility index (Phi) is 3.79. The molecule has 0 amide bonds. The van der Waals surface area contributed by atoms with Crippen molar-refractivity contribution in [2.24, 2.45) is 0 Å². The molecular formula is C14H16N2O2. The second-order valence-electron chi connectivity index (χ2n) is 4.13. The van der Waals surface area contributed by atoms with E-state index < -0.39 is 0 Å². The Morgan fingerprint density at radius 3 is 2.61 bits per heavy atom. The molecule has 2 aromatic rings. The molecule has 0 saturated heterocycles. The van der Waals surface area contributed by atoms with E-state index >= 15 is 0 Å². The molecule has 0 unspecified atom stereocenters. The summed E-state index contributed by atoms with van der Waals surface area (Å²) in [5.74, 6) is 1.09. The summed E-state index contributed by atoms with van der Waals surface area (Å²) in [4.78, 5) is 4.14. The van der Waals surface area contributed by atoms with Gasteiger partial charge in [0.1, 0.15) is 5.75 Å². The lowest BCUT2D eigenvalue weighted by Gasteiger charge is -2.08. The van der Waals surface area contributed by atoms with Crippen LogP contribution in [0.2, 0.25) is 0 Å². The SMILES string of the molecule is Cc1cnc(Oc2ccc(CCO)cc2)c(N)c1. The first-order valence-electron chi connectivity index (χ1n) is 5.79. The lowest BCUT2D eigenvalue weighted by molar-refractivity contribution is 0.299. The number of aliphatic hydroxyl groups is 1. The van der Waals surface area contributed by atoms with Crippen molar-refractivity contribution in [1.29, 1.82) is 0 Å². The van der Waals surface area contributed by atoms with Gasteiger partial charge in [-0.3, -0.25) is 0 Å². The van der Waals surface area contributed by atoms with Crippen LogP contribution in [0.3, 0.4) is 0 Å². The van der Waals surface area contributed by atoms with Gasteiger partial charge in [-0.2, -0.15) is 0 Å². The van der Waals surface area contributed by atoms with Crippen LogP contribution in [0.4, 0.5) is 5.69 Å². The molecule has 18 heavy (non-hydrogen) atoms. The highest BCUT2D eigenvalue weighted by Crippen LogP contribution is 2.25. The third-order valence-electron chi connectivity index (χ3n) is 2.55. The van der Waals surface area contributed by atoms with Gasteiger partial charge >= 0.3 is 0 Å². The molecule has 0 spiro atoms. The predicted octanol–water partition coefficient (Wildman–Crippen LogP) is 2.30. The van der Waals surface area contributed by atoms with E-state index in [1.165, 1.54) is 0 Å². The molecule has 0 radical (unpaired) electrons. The van der Waals surface area contributed by atoms with Crippen molar-refractivity contribution in [2.45, 2.75) is 13.3 Å². The third-order valence-corrected chi connectivity index (χ3v) is 2.55. The molecule has 0 aliphatic heterocycles. The van der Waals surface area contributed by atoms with E-state index in [9.17, 15) is 0 Å². The normalized spacial score (nSPS) is 10.3. The molecular weight excluding hydrogens is 228 g/mol. The molecule has 1 aromatic carbocycles. The van der Waals surface area contributed by atoms with E-state index in [0.717, 1.165) is 11.1 Å². The highest BCUT2D eigenvalue weighted by molar-refractivity contribution is 5.50. The standard InChI is InChI=1S/C14H16N2O2/c1-10-8-13(15)14(16-9-10)18-12-4-2-11(3-5-12)6-7-17/h2-5,8-9,17H,6-7,15H2,1H3. The van der Waals surface area contributed by atoms with Gasteiger partial charge in [-0.25, -0.2) is 4.98 Å². The minimum atomic E-state index is 0.146. The zero-order valence-electron chi connectivity index (χ0n) is 10.3. The van der Waals surface area contributed by atoms with E-state index in [1.807, 2.05) is 37.3 Å². The number of pyridine rings is 1. The molecule has 2 rings (SSSR count). The molecule has 0 aliphatic rings. The molecule has 1 aromatic heterocycles. The van der Waals surface area contributed by atoms with Crippen LogP contribution in [0.5, 0.6) is 11.6 Å². The van der Waals surface area contributed by atoms with Gasteiger partial charge in [0.15, 0.2) is 0 Å². The van der Waals surface area contributed by atoms with Crippen LogP contribution >= 0.6 is 0 Å². The van der Waals surface area contributed by atoms with E-state index in [2.05, 4.69) is 4.98 Å². The maximum atomic E-state index is 8.83. The Bertz CT molecular complexity index is 524.